The molecule has 16 heavy (non-hydrogen) atoms. The van der Waals surface area contributed by atoms with Gasteiger partial charge < -0.3 is 0 Å². The number of hydrogen-bond donors (Lipinski definition) is 0. The summed E-state index contributed by atoms with van der Waals surface area (Å²) < 4.78 is 0. The van der Waals surface area contributed by atoms with E-state index in [2.05, 4.69) is 17.1 Å². The molecule has 1 heterocycles. The van der Waals surface area contributed by atoms with E-state index in [-0.39, 0.29) is 0 Å². The highest BCUT2D eigenvalue weighted by atomic mass is 16.1. The quantitative estimate of drug-likeness (QED) is 0.657. The number of hydrogen-bond acceptors (Lipinski definition) is 2. The second kappa shape index (κ2) is 7.15. The summed E-state index contributed by atoms with van der Waals surface area (Å²) in [6, 6.07) is 4.19. The fourth-order valence-electron chi connectivity index (χ4n) is 1.65. The van der Waals surface area contributed by atoms with Gasteiger partial charge in [-0.2, -0.15) is 0 Å². The molecule has 0 amide bonds. The lowest BCUT2D eigenvalue weighted by atomic mass is 10.1. The van der Waals surface area contributed by atoms with Crippen molar-refractivity contribution in [1.82, 2.24) is 4.98 Å². The van der Waals surface area contributed by atoms with E-state index in [1.54, 1.807) is 0 Å². The topological polar surface area (TPSA) is 30.0 Å². The van der Waals surface area contributed by atoms with E-state index in [9.17, 15) is 4.79 Å². The van der Waals surface area contributed by atoms with Crippen LogP contribution in [-0.4, -0.2) is 10.8 Å². The molecule has 0 aromatic carbocycles. The minimum absolute atomic E-state index is 0.386. The van der Waals surface area contributed by atoms with Gasteiger partial charge in [-0.05, 0) is 37.8 Å². The standard InChI is InChI=1S/C14H21NO/c1-3-14(16)8-6-4-5-7-13-10-9-12(2)15-11-13/h9-11H,3-8H2,1-2H3. The van der Waals surface area contributed by atoms with Crippen LogP contribution < -0.4 is 0 Å². The molecule has 0 atom stereocenters. The Hall–Kier alpha value is -1.18. The predicted octanol–water partition coefficient (Wildman–Crippen LogP) is 3.47. The fraction of sp³-hybridized carbons (Fsp3) is 0.571. The molecule has 1 rings (SSSR count). The molecule has 2 heteroatoms. The van der Waals surface area contributed by atoms with Crippen molar-refractivity contribution in [2.75, 3.05) is 0 Å². The highest BCUT2D eigenvalue weighted by Gasteiger charge is 1.98. The van der Waals surface area contributed by atoms with Gasteiger partial charge in [0.25, 0.3) is 0 Å². The highest BCUT2D eigenvalue weighted by molar-refractivity contribution is 5.77. The van der Waals surface area contributed by atoms with E-state index in [0.29, 0.717) is 12.2 Å². The molecule has 0 spiro atoms. The van der Waals surface area contributed by atoms with Crippen LogP contribution in [0.25, 0.3) is 0 Å². The lowest BCUT2D eigenvalue weighted by molar-refractivity contribution is -0.118. The Morgan fingerprint density at radius 3 is 2.69 bits per heavy atom. The van der Waals surface area contributed by atoms with Crippen LogP contribution in [0.2, 0.25) is 0 Å². The third-order valence-electron chi connectivity index (χ3n) is 2.79. The Kier molecular flexibility index (Phi) is 5.76. The number of ketones is 1. The second-order valence-electron chi connectivity index (χ2n) is 4.26. The number of aromatic nitrogens is 1. The smallest absolute Gasteiger partial charge is 0.132 e. The summed E-state index contributed by atoms with van der Waals surface area (Å²) in [6.45, 7) is 3.93. The van der Waals surface area contributed by atoms with Gasteiger partial charge in [-0.3, -0.25) is 9.78 Å². The summed E-state index contributed by atoms with van der Waals surface area (Å²) in [5, 5.41) is 0. The first-order chi connectivity index (χ1) is 7.72. The van der Waals surface area contributed by atoms with Gasteiger partial charge in [0.15, 0.2) is 0 Å². The molecule has 0 aliphatic carbocycles. The van der Waals surface area contributed by atoms with Crippen LogP contribution in [0.1, 0.15) is 50.3 Å². The molecule has 88 valence electrons. The van der Waals surface area contributed by atoms with Gasteiger partial charge in [-0.25, -0.2) is 0 Å². The van der Waals surface area contributed by atoms with E-state index in [0.717, 1.165) is 37.8 Å². The molecule has 1 aromatic heterocycles. The summed E-state index contributed by atoms with van der Waals surface area (Å²) in [5.41, 5.74) is 2.37. The van der Waals surface area contributed by atoms with E-state index in [1.807, 2.05) is 20.0 Å². The van der Waals surface area contributed by atoms with Gasteiger partial charge in [-0.1, -0.05) is 19.4 Å². The number of rotatable bonds is 7. The van der Waals surface area contributed by atoms with Crippen LogP contribution >= 0.6 is 0 Å². The first kappa shape index (κ1) is 12.9. The molecule has 0 saturated heterocycles. The largest absolute Gasteiger partial charge is 0.300 e. The summed E-state index contributed by atoms with van der Waals surface area (Å²) in [7, 11) is 0. The van der Waals surface area contributed by atoms with Crippen LogP contribution in [0, 0.1) is 6.92 Å². The van der Waals surface area contributed by atoms with Crippen molar-refractivity contribution >= 4 is 5.78 Å². The molecule has 0 radical (unpaired) electrons. The van der Waals surface area contributed by atoms with Crippen molar-refractivity contribution in [2.45, 2.75) is 52.4 Å². The number of carbonyl (C=O) groups is 1. The average Bonchev–Trinajstić information content (AvgIpc) is 2.31. The van der Waals surface area contributed by atoms with E-state index in [4.69, 9.17) is 0 Å². The Labute approximate surface area is 98.1 Å². The van der Waals surface area contributed by atoms with Crippen LogP contribution in [-0.2, 0) is 11.2 Å². The van der Waals surface area contributed by atoms with Crippen LogP contribution in [0.3, 0.4) is 0 Å². The molecule has 0 aliphatic heterocycles. The van der Waals surface area contributed by atoms with Gasteiger partial charge in [0, 0.05) is 24.7 Å². The number of carbonyl (C=O) groups excluding carboxylic acids is 1. The molecule has 2 nitrogen and oxygen atoms in total. The molecular weight excluding hydrogens is 198 g/mol. The first-order valence-electron chi connectivity index (χ1n) is 6.15. The molecule has 0 aliphatic rings. The minimum Gasteiger partial charge on any atom is -0.300 e. The molecule has 1 aromatic rings. The summed E-state index contributed by atoms with van der Waals surface area (Å²) in [5.74, 6) is 0.386. The maximum absolute atomic E-state index is 11.1. The van der Waals surface area contributed by atoms with E-state index >= 15 is 0 Å². The number of pyridine rings is 1. The summed E-state index contributed by atoms with van der Waals surface area (Å²) in [4.78, 5) is 15.3. The van der Waals surface area contributed by atoms with Crippen molar-refractivity contribution in [1.29, 1.82) is 0 Å². The molecular formula is C14H21NO. The van der Waals surface area contributed by atoms with Crippen molar-refractivity contribution in [2.24, 2.45) is 0 Å². The third kappa shape index (κ3) is 5.06. The normalized spacial score (nSPS) is 10.4. The number of aryl methyl sites for hydroxylation is 2. The monoisotopic (exact) mass is 219 g/mol. The van der Waals surface area contributed by atoms with Crippen molar-refractivity contribution in [3.63, 3.8) is 0 Å². The highest BCUT2D eigenvalue weighted by Crippen LogP contribution is 2.08. The number of unbranched alkanes of at least 4 members (excludes halogenated alkanes) is 2. The lowest BCUT2D eigenvalue weighted by Crippen LogP contribution is -1.95. The van der Waals surface area contributed by atoms with Gasteiger partial charge in [0.1, 0.15) is 5.78 Å². The maximum Gasteiger partial charge on any atom is 0.132 e. The van der Waals surface area contributed by atoms with Gasteiger partial charge in [0.2, 0.25) is 0 Å². The van der Waals surface area contributed by atoms with E-state index < -0.39 is 0 Å². The van der Waals surface area contributed by atoms with Gasteiger partial charge in [0.05, 0.1) is 0 Å². The van der Waals surface area contributed by atoms with Crippen LogP contribution in [0.15, 0.2) is 18.3 Å². The van der Waals surface area contributed by atoms with Crippen molar-refractivity contribution < 1.29 is 4.79 Å². The zero-order valence-corrected chi connectivity index (χ0v) is 10.3. The first-order valence-corrected chi connectivity index (χ1v) is 6.15. The maximum atomic E-state index is 11.1. The second-order valence-corrected chi connectivity index (χ2v) is 4.26. The minimum atomic E-state index is 0.386. The predicted molar refractivity (Wildman–Crippen MR) is 66.4 cm³/mol. The van der Waals surface area contributed by atoms with Crippen molar-refractivity contribution in [3.05, 3.63) is 29.6 Å². The fourth-order valence-corrected chi connectivity index (χ4v) is 1.65. The van der Waals surface area contributed by atoms with Crippen LogP contribution in [0.4, 0.5) is 0 Å². The summed E-state index contributed by atoms with van der Waals surface area (Å²) in [6.07, 6.45) is 7.79. The van der Waals surface area contributed by atoms with Crippen LogP contribution in [0.5, 0.6) is 0 Å². The molecule has 0 unspecified atom stereocenters. The van der Waals surface area contributed by atoms with E-state index in [1.165, 1.54) is 5.56 Å². The number of Topliss-reactive ketones (excluding diaryl/α,β-unsaturated/α-hetero) is 1. The SMILES string of the molecule is CCC(=O)CCCCCc1ccc(C)nc1. The van der Waals surface area contributed by atoms with Crippen molar-refractivity contribution in [3.8, 4) is 0 Å². The zero-order valence-electron chi connectivity index (χ0n) is 10.3. The molecule has 0 N–H and O–H groups in total. The lowest BCUT2D eigenvalue weighted by Gasteiger charge is -2.01. The molecule has 0 bridgehead atoms. The van der Waals surface area contributed by atoms with Gasteiger partial charge in [-0.15, -0.1) is 0 Å². The zero-order chi connectivity index (χ0) is 11.8. The Morgan fingerprint density at radius 1 is 1.25 bits per heavy atom. The Balaban J connectivity index is 2.11. The molecule has 0 saturated carbocycles. The average molecular weight is 219 g/mol. The Morgan fingerprint density at radius 2 is 2.06 bits per heavy atom. The summed E-state index contributed by atoms with van der Waals surface area (Å²) >= 11 is 0. The molecule has 0 fully saturated rings. The van der Waals surface area contributed by atoms with Gasteiger partial charge >= 0.3 is 0 Å². The number of nitrogens with zero attached hydrogens (tertiary/aromatic N) is 1. The Bertz CT molecular complexity index is 316. The third-order valence-corrected chi connectivity index (χ3v) is 2.79.